The van der Waals surface area contributed by atoms with Crippen molar-refractivity contribution in [3.05, 3.63) is 35.4 Å². The molecule has 144 valence electrons. The summed E-state index contributed by atoms with van der Waals surface area (Å²) in [5.41, 5.74) is 0.467. The van der Waals surface area contributed by atoms with Gasteiger partial charge in [0.05, 0.1) is 6.61 Å². The molecule has 1 saturated carbocycles. The van der Waals surface area contributed by atoms with E-state index in [0.717, 1.165) is 51.5 Å². The lowest BCUT2D eigenvalue weighted by molar-refractivity contribution is 0.156. The van der Waals surface area contributed by atoms with Gasteiger partial charge >= 0.3 is 0 Å². The van der Waals surface area contributed by atoms with Crippen molar-refractivity contribution in [2.24, 2.45) is 10.4 Å². The van der Waals surface area contributed by atoms with Gasteiger partial charge < -0.3 is 15.0 Å². The molecular formula is C19H26F2IN3O. The summed E-state index contributed by atoms with van der Waals surface area (Å²) >= 11 is 0. The molecular weight excluding hydrogens is 451 g/mol. The molecule has 3 fully saturated rings. The van der Waals surface area contributed by atoms with Gasteiger partial charge in [-0.15, -0.1) is 24.0 Å². The highest BCUT2D eigenvalue weighted by Crippen LogP contribution is 2.44. The molecule has 1 aromatic rings. The predicted octanol–water partition coefficient (Wildman–Crippen LogP) is 3.52. The maximum atomic E-state index is 14.0. The highest BCUT2D eigenvalue weighted by atomic mass is 127. The molecule has 7 heteroatoms. The highest BCUT2D eigenvalue weighted by Gasteiger charge is 2.45. The minimum Gasteiger partial charge on any atom is -0.381 e. The molecule has 1 aromatic carbocycles. The maximum absolute atomic E-state index is 14.0. The molecule has 3 unspecified atom stereocenters. The fourth-order valence-corrected chi connectivity index (χ4v) is 4.18. The first-order chi connectivity index (χ1) is 12.1. The van der Waals surface area contributed by atoms with E-state index >= 15 is 0 Å². The number of ether oxygens (including phenoxy) is 1. The number of halogens is 3. The Kier molecular flexibility index (Phi) is 6.06. The molecule has 0 bridgehead atoms. The van der Waals surface area contributed by atoms with Crippen LogP contribution in [-0.2, 0) is 4.74 Å². The Morgan fingerprint density at radius 2 is 2.12 bits per heavy atom. The zero-order chi connectivity index (χ0) is 17.4. The molecule has 0 aromatic heterocycles. The molecule has 3 aliphatic rings. The van der Waals surface area contributed by atoms with Crippen LogP contribution in [0.3, 0.4) is 0 Å². The summed E-state index contributed by atoms with van der Waals surface area (Å²) in [4.78, 5) is 6.90. The number of nitrogens with one attached hydrogen (secondary N) is 1. The molecule has 26 heavy (non-hydrogen) atoms. The molecule has 2 heterocycles. The summed E-state index contributed by atoms with van der Waals surface area (Å²) in [7, 11) is 0. The van der Waals surface area contributed by atoms with Crippen LogP contribution in [0, 0.1) is 17.0 Å². The topological polar surface area (TPSA) is 36.9 Å². The minimum atomic E-state index is -0.452. The number of aliphatic imine (C=N–C) groups is 1. The van der Waals surface area contributed by atoms with Crippen molar-refractivity contribution in [2.45, 2.75) is 38.1 Å². The Hall–Kier alpha value is -0.960. The second-order valence-corrected chi connectivity index (χ2v) is 7.50. The van der Waals surface area contributed by atoms with Gasteiger partial charge in [-0.2, -0.15) is 0 Å². The number of hydrogen-bond acceptors (Lipinski definition) is 2. The van der Waals surface area contributed by atoms with Crippen molar-refractivity contribution in [3.8, 4) is 0 Å². The first kappa shape index (κ1) is 19.8. The van der Waals surface area contributed by atoms with Crippen molar-refractivity contribution in [2.75, 3.05) is 32.8 Å². The Labute approximate surface area is 170 Å². The number of guanidine groups is 1. The Balaban J connectivity index is 0.00000196. The van der Waals surface area contributed by atoms with Crippen molar-refractivity contribution in [1.82, 2.24) is 10.2 Å². The third kappa shape index (κ3) is 3.83. The Bertz CT molecular complexity index is 658. The SMILES string of the molecule is CCN=C(NC1CC1c1c(F)cccc1F)N1CCC2(CCOC2)C1.I. The van der Waals surface area contributed by atoms with E-state index in [0.29, 0.717) is 6.54 Å². The fraction of sp³-hybridized carbons (Fsp3) is 0.632. The van der Waals surface area contributed by atoms with Gasteiger partial charge in [0.1, 0.15) is 11.6 Å². The third-order valence-electron chi connectivity index (χ3n) is 5.71. The van der Waals surface area contributed by atoms with E-state index in [9.17, 15) is 8.78 Å². The molecule has 3 atom stereocenters. The number of likely N-dealkylation sites (tertiary alicyclic amines) is 1. The zero-order valence-corrected chi connectivity index (χ0v) is 17.3. The van der Waals surface area contributed by atoms with E-state index in [1.807, 2.05) is 6.92 Å². The molecule has 4 rings (SSSR count). The summed E-state index contributed by atoms with van der Waals surface area (Å²) in [6.07, 6.45) is 2.96. The van der Waals surface area contributed by atoms with Crippen molar-refractivity contribution in [3.63, 3.8) is 0 Å². The van der Waals surface area contributed by atoms with Crippen LogP contribution in [0.2, 0.25) is 0 Å². The molecule has 1 N–H and O–H groups in total. The fourth-order valence-electron chi connectivity index (χ4n) is 4.18. The smallest absolute Gasteiger partial charge is 0.194 e. The summed E-state index contributed by atoms with van der Waals surface area (Å²) in [5, 5.41) is 3.44. The van der Waals surface area contributed by atoms with Gasteiger partial charge in [0.15, 0.2) is 5.96 Å². The second-order valence-electron chi connectivity index (χ2n) is 7.50. The van der Waals surface area contributed by atoms with Crippen molar-refractivity contribution in [1.29, 1.82) is 0 Å². The summed E-state index contributed by atoms with van der Waals surface area (Å²) in [6.45, 7) is 6.28. The van der Waals surface area contributed by atoms with Gasteiger partial charge in [0.2, 0.25) is 0 Å². The van der Waals surface area contributed by atoms with Crippen LogP contribution in [0.5, 0.6) is 0 Å². The van der Waals surface area contributed by atoms with Gasteiger partial charge in [-0.05, 0) is 38.3 Å². The summed E-state index contributed by atoms with van der Waals surface area (Å²) in [6, 6.07) is 4.13. The lowest BCUT2D eigenvalue weighted by atomic mass is 9.87. The van der Waals surface area contributed by atoms with Crippen LogP contribution in [0.25, 0.3) is 0 Å². The predicted molar refractivity (Wildman–Crippen MR) is 108 cm³/mol. The van der Waals surface area contributed by atoms with E-state index in [4.69, 9.17) is 4.74 Å². The van der Waals surface area contributed by atoms with E-state index in [1.54, 1.807) is 0 Å². The number of benzene rings is 1. The van der Waals surface area contributed by atoms with Crippen LogP contribution < -0.4 is 5.32 Å². The van der Waals surface area contributed by atoms with E-state index in [1.165, 1.54) is 18.2 Å². The van der Waals surface area contributed by atoms with Crippen molar-refractivity contribution < 1.29 is 13.5 Å². The van der Waals surface area contributed by atoms with E-state index in [2.05, 4.69) is 15.2 Å². The first-order valence-corrected chi connectivity index (χ1v) is 9.19. The molecule has 1 aliphatic carbocycles. The Morgan fingerprint density at radius 1 is 1.35 bits per heavy atom. The number of rotatable bonds is 3. The number of nitrogens with zero attached hydrogens (tertiary/aromatic N) is 2. The van der Waals surface area contributed by atoms with Gasteiger partial charge in [0, 0.05) is 49.2 Å². The van der Waals surface area contributed by atoms with E-state index < -0.39 is 11.6 Å². The molecule has 2 saturated heterocycles. The van der Waals surface area contributed by atoms with Crippen LogP contribution in [0.15, 0.2) is 23.2 Å². The van der Waals surface area contributed by atoms with Gasteiger partial charge in [0.25, 0.3) is 0 Å². The molecule has 4 nitrogen and oxygen atoms in total. The first-order valence-electron chi connectivity index (χ1n) is 9.19. The van der Waals surface area contributed by atoms with Gasteiger partial charge in [-0.3, -0.25) is 4.99 Å². The van der Waals surface area contributed by atoms with Crippen LogP contribution >= 0.6 is 24.0 Å². The summed E-state index contributed by atoms with van der Waals surface area (Å²) < 4.78 is 33.6. The standard InChI is InChI=1S/C19H25F2N3O.HI/c1-2-22-18(24-8-6-19(11-24)7-9-25-12-19)23-16-10-13(16)17-14(20)4-3-5-15(17)21;/h3-5,13,16H,2,6-12H2,1H3,(H,22,23);1H. The minimum absolute atomic E-state index is 0. The lowest BCUT2D eigenvalue weighted by Crippen LogP contribution is -2.43. The lowest BCUT2D eigenvalue weighted by Gasteiger charge is -2.25. The van der Waals surface area contributed by atoms with Crippen LogP contribution in [0.1, 0.15) is 37.7 Å². The highest BCUT2D eigenvalue weighted by molar-refractivity contribution is 14.0. The molecule has 0 amide bonds. The average Bonchev–Trinajstić information content (AvgIpc) is 3.01. The Morgan fingerprint density at radius 3 is 2.77 bits per heavy atom. The van der Waals surface area contributed by atoms with Gasteiger partial charge in [-0.25, -0.2) is 8.78 Å². The van der Waals surface area contributed by atoms with E-state index in [-0.39, 0.29) is 46.9 Å². The quantitative estimate of drug-likeness (QED) is 0.412. The largest absolute Gasteiger partial charge is 0.381 e. The van der Waals surface area contributed by atoms with Gasteiger partial charge in [-0.1, -0.05) is 6.07 Å². The van der Waals surface area contributed by atoms with Crippen LogP contribution in [0.4, 0.5) is 8.78 Å². The van der Waals surface area contributed by atoms with Crippen LogP contribution in [-0.4, -0.2) is 49.7 Å². The maximum Gasteiger partial charge on any atom is 0.194 e. The molecule has 0 radical (unpaired) electrons. The second kappa shape index (κ2) is 7.96. The molecule has 2 aliphatic heterocycles. The van der Waals surface area contributed by atoms with Crippen molar-refractivity contribution >= 4 is 29.9 Å². The normalized spacial score (nSPS) is 30.6. The zero-order valence-electron chi connectivity index (χ0n) is 15.0. The molecule has 1 spiro atoms. The number of hydrogen-bond donors (Lipinski definition) is 1. The average molecular weight is 477 g/mol. The summed E-state index contributed by atoms with van der Waals surface area (Å²) in [5.74, 6) is -0.150. The third-order valence-corrected chi connectivity index (χ3v) is 5.71. The monoisotopic (exact) mass is 477 g/mol.